The Morgan fingerprint density at radius 2 is 1.66 bits per heavy atom. The number of benzene rings is 4. The second-order valence-corrected chi connectivity index (χ2v) is 10.6. The summed E-state index contributed by atoms with van der Waals surface area (Å²) >= 11 is 1.33. The summed E-state index contributed by atoms with van der Waals surface area (Å²) in [4.78, 5) is 33.3. The number of ether oxygens (including phenoxy) is 2. The molecular formula is C33H26N2O5S. The van der Waals surface area contributed by atoms with Gasteiger partial charge >= 0.3 is 5.91 Å². The van der Waals surface area contributed by atoms with Crippen LogP contribution in [0.15, 0.2) is 103 Å². The highest BCUT2D eigenvalue weighted by molar-refractivity contribution is 7.22. The van der Waals surface area contributed by atoms with Crippen LogP contribution in [-0.2, 0) is 9.59 Å². The number of fused-ring (bicyclic) bond motifs is 1. The summed E-state index contributed by atoms with van der Waals surface area (Å²) in [5.74, 6) is -0.00410. The number of ketones is 1. The lowest BCUT2D eigenvalue weighted by Crippen LogP contribution is -2.29. The first-order chi connectivity index (χ1) is 19.9. The predicted octanol–water partition coefficient (Wildman–Crippen LogP) is 7.42. The average Bonchev–Trinajstić information content (AvgIpc) is 3.51. The van der Waals surface area contributed by atoms with Crippen molar-refractivity contribution in [1.29, 1.82) is 0 Å². The standard InChI is InChI=1S/C33H26N2O5S/c1-3-39-23-15-13-21(14-16-23)30(36)28-29(22-8-7-11-25(19-22)40-24-9-5-4-6-10-24)35(32(38)31(28)37)33-34-26-17-12-20(2)18-27(26)41-33/h4-19,29,36H,3H2,1-2H3/b30-28+. The van der Waals surface area contributed by atoms with Gasteiger partial charge in [0.15, 0.2) is 5.13 Å². The highest BCUT2D eigenvalue weighted by Gasteiger charge is 2.48. The Labute approximate surface area is 240 Å². The SMILES string of the molecule is CCOc1ccc(/C(O)=C2\C(=O)C(=O)N(c3nc4ccc(C)cc4s3)C2c2cccc(Oc3ccccc3)c2)cc1. The van der Waals surface area contributed by atoms with Crippen LogP contribution >= 0.6 is 11.3 Å². The van der Waals surface area contributed by atoms with Gasteiger partial charge in [0.1, 0.15) is 23.0 Å². The molecule has 1 saturated heterocycles. The van der Waals surface area contributed by atoms with E-state index in [1.165, 1.54) is 16.2 Å². The number of rotatable bonds is 7. The van der Waals surface area contributed by atoms with Gasteiger partial charge in [-0.2, -0.15) is 0 Å². The minimum absolute atomic E-state index is 0.0218. The number of nitrogens with zero attached hydrogens (tertiary/aromatic N) is 2. The maximum absolute atomic E-state index is 13.6. The molecule has 1 aliphatic rings. The Hall–Kier alpha value is -4.95. The lowest BCUT2D eigenvalue weighted by Gasteiger charge is -2.23. The number of hydrogen-bond acceptors (Lipinski definition) is 7. The van der Waals surface area contributed by atoms with Gasteiger partial charge in [0.25, 0.3) is 5.78 Å². The molecule has 6 rings (SSSR count). The lowest BCUT2D eigenvalue weighted by molar-refractivity contribution is -0.132. The van der Waals surface area contributed by atoms with E-state index in [1.807, 2.05) is 68.4 Å². The Morgan fingerprint density at radius 1 is 0.902 bits per heavy atom. The fourth-order valence-corrected chi connectivity index (χ4v) is 5.96. The molecule has 41 heavy (non-hydrogen) atoms. The van der Waals surface area contributed by atoms with Crippen molar-refractivity contribution < 1.29 is 24.2 Å². The molecule has 0 bridgehead atoms. The maximum Gasteiger partial charge on any atom is 0.301 e. The molecule has 7 nitrogen and oxygen atoms in total. The quantitative estimate of drug-likeness (QED) is 0.126. The summed E-state index contributed by atoms with van der Waals surface area (Å²) in [7, 11) is 0. The molecule has 204 valence electrons. The van der Waals surface area contributed by atoms with E-state index in [4.69, 9.17) is 14.5 Å². The minimum Gasteiger partial charge on any atom is -0.507 e. The molecule has 0 radical (unpaired) electrons. The minimum atomic E-state index is -0.928. The van der Waals surface area contributed by atoms with Crippen LogP contribution in [0.3, 0.4) is 0 Å². The van der Waals surface area contributed by atoms with Crippen molar-refractivity contribution in [2.45, 2.75) is 19.9 Å². The van der Waals surface area contributed by atoms with Gasteiger partial charge in [-0.05, 0) is 85.6 Å². The molecule has 0 saturated carbocycles. The molecule has 0 aliphatic carbocycles. The smallest absolute Gasteiger partial charge is 0.301 e. The van der Waals surface area contributed by atoms with Gasteiger partial charge in [0.05, 0.1) is 28.4 Å². The molecule has 2 heterocycles. The van der Waals surface area contributed by atoms with Crippen molar-refractivity contribution >= 4 is 44.1 Å². The van der Waals surface area contributed by atoms with Crippen molar-refractivity contribution in [2.24, 2.45) is 0 Å². The number of para-hydroxylation sites is 1. The van der Waals surface area contributed by atoms with E-state index >= 15 is 0 Å². The van der Waals surface area contributed by atoms with Gasteiger partial charge in [-0.15, -0.1) is 0 Å². The van der Waals surface area contributed by atoms with Gasteiger partial charge < -0.3 is 14.6 Å². The van der Waals surface area contributed by atoms with Crippen molar-refractivity contribution in [3.63, 3.8) is 0 Å². The number of hydrogen-bond donors (Lipinski definition) is 1. The maximum atomic E-state index is 13.6. The van der Waals surface area contributed by atoms with Crippen LogP contribution in [0.4, 0.5) is 5.13 Å². The Morgan fingerprint density at radius 3 is 2.41 bits per heavy atom. The molecule has 0 spiro atoms. The summed E-state index contributed by atoms with van der Waals surface area (Å²) in [6, 6.07) is 28.2. The zero-order valence-corrected chi connectivity index (χ0v) is 23.2. The molecular weight excluding hydrogens is 536 g/mol. The van der Waals surface area contributed by atoms with Gasteiger partial charge in [-0.3, -0.25) is 14.5 Å². The zero-order chi connectivity index (χ0) is 28.5. The summed E-state index contributed by atoms with van der Waals surface area (Å²) in [5.41, 5.74) is 2.76. The fourth-order valence-electron chi connectivity index (χ4n) is 4.87. The monoisotopic (exact) mass is 562 g/mol. The molecule has 8 heteroatoms. The molecule has 1 N–H and O–H groups in total. The van der Waals surface area contributed by atoms with Gasteiger partial charge in [0, 0.05) is 5.56 Å². The highest BCUT2D eigenvalue weighted by Crippen LogP contribution is 2.45. The number of aliphatic hydroxyl groups excluding tert-OH is 1. The summed E-state index contributed by atoms with van der Waals surface area (Å²) < 4.78 is 12.5. The van der Waals surface area contributed by atoms with Crippen molar-refractivity contribution in [2.75, 3.05) is 11.5 Å². The molecule has 1 fully saturated rings. The molecule has 1 amide bonds. The van der Waals surface area contributed by atoms with E-state index in [-0.39, 0.29) is 11.3 Å². The van der Waals surface area contributed by atoms with Crippen molar-refractivity contribution in [3.05, 3.63) is 119 Å². The predicted molar refractivity (Wildman–Crippen MR) is 160 cm³/mol. The second-order valence-electron chi connectivity index (χ2n) is 9.58. The average molecular weight is 563 g/mol. The number of carbonyl (C=O) groups is 2. The summed E-state index contributed by atoms with van der Waals surface area (Å²) in [6.45, 7) is 4.37. The summed E-state index contributed by atoms with van der Waals surface area (Å²) in [6.07, 6.45) is 0. The van der Waals surface area contributed by atoms with Gasteiger partial charge in [-0.1, -0.05) is 47.7 Å². The largest absolute Gasteiger partial charge is 0.507 e. The first kappa shape index (κ1) is 26.3. The number of anilines is 1. The molecule has 1 aromatic heterocycles. The molecule has 1 atom stereocenters. The third-order valence-electron chi connectivity index (χ3n) is 6.77. The number of amides is 1. The van der Waals surface area contributed by atoms with E-state index in [0.29, 0.717) is 40.1 Å². The lowest BCUT2D eigenvalue weighted by atomic mass is 9.95. The second kappa shape index (κ2) is 10.9. The van der Waals surface area contributed by atoms with E-state index in [0.717, 1.165) is 15.8 Å². The number of carbonyl (C=O) groups excluding carboxylic acids is 2. The molecule has 1 unspecified atom stereocenters. The van der Waals surface area contributed by atoms with Crippen LogP contribution in [0.5, 0.6) is 17.2 Å². The van der Waals surface area contributed by atoms with Crippen LogP contribution in [0.1, 0.15) is 29.7 Å². The number of thiazole rings is 1. The molecule has 5 aromatic rings. The fraction of sp³-hybridized carbons (Fsp3) is 0.121. The van der Waals surface area contributed by atoms with Crippen LogP contribution in [0.25, 0.3) is 16.0 Å². The normalized spacial score (nSPS) is 16.3. The van der Waals surface area contributed by atoms with E-state index in [1.54, 1.807) is 42.5 Å². The van der Waals surface area contributed by atoms with Crippen LogP contribution in [0, 0.1) is 6.92 Å². The van der Waals surface area contributed by atoms with Crippen molar-refractivity contribution in [1.82, 2.24) is 4.98 Å². The number of aliphatic hydroxyl groups is 1. The Balaban J connectivity index is 1.50. The first-order valence-electron chi connectivity index (χ1n) is 13.2. The third kappa shape index (κ3) is 5.05. The third-order valence-corrected chi connectivity index (χ3v) is 7.79. The Kier molecular flexibility index (Phi) is 6.99. The molecule has 1 aliphatic heterocycles. The van der Waals surface area contributed by atoms with Gasteiger partial charge in [0.2, 0.25) is 0 Å². The van der Waals surface area contributed by atoms with Crippen molar-refractivity contribution in [3.8, 4) is 17.2 Å². The number of aromatic nitrogens is 1. The highest BCUT2D eigenvalue weighted by atomic mass is 32.1. The van der Waals surface area contributed by atoms with Gasteiger partial charge in [-0.25, -0.2) is 4.98 Å². The van der Waals surface area contributed by atoms with Crippen LogP contribution < -0.4 is 14.4 Å². The van der Waals surface area contributed by atoms with E-state index in [2.05, 4.69) is 0 Å². The van der Waals surface area contributed by atoms with Crippen LogP contribution in [-0.4, -0.2) is 28.4 Å². The van der Waals surface area contributed by atoms with Crippen LogP contribution in [0.2, 0.25) is 0 Å². The topological polar surface area (TPSA) is 89.0 Å². The summed E-state index contributed by atoms with van der Waals surface area (Å²) in [5, 5.41) is 11.9. The zero-order valence-electron chi connectivity index (χ0n) is 22.4. The molecule has 4 aromatic carbocycles. The van der Waals surface area contributed by atoms with E-state index < -0.39 is 17.7 Å². The van der Waals surface area contributed by atoms with E-state index in [9.17, 15) is 14.7 Å². The number of aryl methyl sites for hydroxylation is 1. The Bertz CT molecular complexity index is 1790. The number of Topliss-reactive ketones (excluding diaryl/α,β-unsaturated/α-hetero) is 1. The first-order valence-corrected chi connectivity index (χ1v) is 14.0.